The number of nitrogens with two attached hydrogens (primary N) is 1. The van der Waals surface area contributed by atoms with Crippen LogP contribution < -0.4 is 5.73 Å². The summed E-state index contributed by atoms with van der Waals surface area (Å²) in [6.45, 7) is -0.992. The van der Waals surface area contributed by atoms with Gasteiger partial charge in [-0.1, -0.05) is 0 Å². The second kappa shape index (κ2) is 6.73. The minimum Gasteiger partial charge on any atom is -0.392 e. The fourth-order valence-corrected chi connectivity index (χ4v) is 3.67. The van der Waals surface area contributed by atoms with E-state index in [0.717, 1.165) is 6.20 Å². The van der Waals surface area contributed by atoms with Crippen LogP contribution in [0.3, 0.4) is 0 Å². The second-order valence-electron chi connectivity index (χ2n) is 6.38. The number of aromatic nitrogens is 2. The summed E-state index contributed by atoms with van der Waals surface area (Å²) >= 11 is 0. The zero-order valence-corrected chi connectivity index (χ0v) is 13.3. The van der Waals surface area contributed by atoms with Crippen LogP contribution in [0.25, 0.3) is 0 Å². The number of carbonyl (C=O) groups excluding carboxylic acids is 1. The molecule has 134 valence electrons. The minimum absolute atomic E-state index is 0.0105. The number of rotatable bonds is 5. The highest BCUT2D eigenvalue weighted by Gasteiger charge is 2.56. The molecule has 0 aromatic carbocycles. The van der Waals surface area contributed by atoms with Crippen LogP contribution in [0.2, 0.25) is 0 Å². The Morgan fingerprint density at radius 1 is 1.50 bits per heavy atom. The highest BCUT2D eigenvalue weighted by Crippen LogP contribution is 2.51. The molecule has 1 spiro atoms. The average Bonchev–Trinajstić information content (AvgIpc) is 3.08. The van der Waals surface area contributed by atoms with Crippen LogP contribution in [0.4, 0.5) is 8.78 Å². The van der Waals surface area contributed by atoms with Gasteiger partial charge >= 0.3 is 6.55 Å². The van der Waals surface area contributed by atoms with E-state index in [1.165, 1.54) is 6.07 Å². The third-order valence-corrected chi connectivity index (χ3v) is 5.19. The van der Waals surface area contributed by atoms with Gasteiger partial charge in [-0.05, 0) is 18.9 Å². The lowest BCUT2D eigenvalue weighted by atomic mass is 9.58. The van der Waals surface area contributed by atoms with Crippen molar-refractivity contribution in [1.82, 2.24) is 14.7 Å². The summed E-state index contributed by atoms with van der Waals surface area (Å²) in [6, 6.07) is 1.30. The molecule has 1 aromatic heterocycles. The van der Waals surface area contributed by atoms with Crippen LogP contribution in [0.1, 0.15) is 36.3 Å². The maximum atomic E-state index is 12.6. The van der Waals surface area contributed by atoms with Gasteiger partial charge in [0.25, 0.3) is 5.91 Å². The Hall–Kier alpha value is -1.58. The molecule has 0 radical (unpaired) electrons. The first kappa shape index (κ1) is 17.2. The molecule has 7 nitrogen and oxygen atoms in total. The van der Waals surface area contributed by atoms with Gasteiger partial charge in [-0.25, -0.2) is 4.68 Å². The zero-order chi connectivity index (χ0) is 17.3. The first-order valence-corrected chi connectivity index (χ1v) is 8.10. The normalized spacial score (nSPS) is 26.0. The van der Waals surface area contributed by atoms with E-state index in [0.29, 0.717) is 50.2 Å². The molecular weight excluding hydrogens is 322 g/mol. The van der Waals surface area contributed by atoms with Gasteiger partial charge in [-0.2, -0.15) is 13.9 Å². The topological polar surface area (TPSA) is 93.6 Å². The number of amides is 1. The molecule has 1 aliphatic heterocycles. The van der Waals surface area contributed by atoms with Crippen molar-refractivity contribution in [3.05, 3.63) is 18.0 Å². The van der Waals surface area contributed by atoms with Gasteiger partial charge < -0.3 is 20.5 Å². The van der Waals surface area contributed by atoms with Crippen molar-refractivity contribution < 1.29 is 23.4 Å². The monoisotopic (exact) mass is 344 g/mol. The number of ether oxygens (including phenoxy) is 1. The molecular formula is C15H22F2N4O3. The Morgan fingerprint density at radius 2 is 2.21 bits per heavy atom. The summed E-state index contributed by atoms with van der Waals surface area (Å²) in [6.07, 6.45) is 2.44. The van der Waals surface area contributed by atoms with Crippen molar-refractivity contribution >= 4 is 5.91 Å². The molecule has 2 aliphatic rings. The van der Waals surface area contributed by atoms with Crippen LogP contribution in [0, 0.1) is 5.41 Å². The summed E-state index contributed by atoms with van der Waals surface area (Å²) in [5.74, 6) is -0.363. The van der Waals surface area contributed by atoms with E-state index in [4.69, 9.17) is 10.5 Å². The molecule has 3 rings (SSSR count). The molecule has 1 aliphatic carbocycles. The quantitative estimate of drug-likeness (QED) is 0.816. The highest BCUT2D eigenvalue weighted by molar-refractivity contribution is 5.92. The number of hydrogen-bond acceptors (Lipinski definition) is 5. The summed E-state index contributed by atoms with van der Waals surface area (Å²) in [5.41, 5.74) is 5.14. The first-order chi connectivity index (χ1) is 11.5. The Morgan fingerprint density at radius 3 is 2.75 bits per heavy atom. The molecule has 2 atom stereocenters. The van der Waals surface area contributed by atoms with E-state index < -0.39 is 12.7 Å². The van der Waals surface area contributed by atoms with Gasteiger partial charge in [0, 0.05) is 37.7 Å². The highest BCUT2D eigenvalue weighted by atomic mass is 19.3. The number of likely N-dealkylation sites (tertiary alicyclic amines) is 1. The maximum Gasteiger partial charge on any atom is 0.333 e. The van der Waals surface area contributed by atoms with Crippen molar-refractivity contribution in [3.63, 3.8) is 0 Å². The van der Waals surface area contributed by atoms with Crippen LogP contribution in [0.15, 0.2) is 12.3 Å². The van der Waals surface area contributed by atoms with Crippen LogP contribution in [-0.4, -0.2) is 64.1 Å². The minimum atomic E-state index is -2.76. The predicted octanol–water partition coefficient (Wildman–Crippen LogP) is 0.609. The van der Waals surface area contributed by atoms with Gasteiger partial charge in [0.05, 0.1) is 18.8 Å². The predicted molar refractivity (Wildman–Crippen MR) is 80.5 cm³/mol. The van der Waals surface area contributed by atoms with Crippen molar-refractivity contribution in [2.45, 2.75) is 38.0 Å². The van der Waals surface area contributed by atoms with Gasteiger partial charge in [0.2, 0.25) is 0 Å². The fraction of sp³-hybridized carbons (Fsp3) is 0.733. The Balaban J connectivity index is 1.60. The SMILES string of the molecule is NCCO[C@H]1C[C@@H](O)C12CCN(C(=O)c1ccn(C(F)F)n1)CC2. The van der Waals surface area contributed by atoms with E-state index >= 15 is 0 Å². The lowest BCUT2D eigenvalue weighted by Gasteiger charge is -2.56. The third-order valence-electron chi connectivity index (χ3n) is 5.19. The van der Waals surface area contributed by atoms with Crippen LogP contribution >= 0.6 is 0 Å². The molecule has 2 heterocycles. The van der Waals surface area contributed by atoms with Crippen LogP contribution in [0.5, 0.6) is 0 Å². The summed E-state index contributed by atoms with van der Waals surface area (Å²) in [4.78, 5) is 14.0. The molecule has 1 saturated carbocycles. The Labute approximate surface area is 138 Å². The van der Waals surface area contributed by atoms with Gasteiger partial charge in [-0.15, -0.1) is 0 Å². The number of hydrogen-bond donors (Lipinski definition) is 2. The van der Waals surface area contributed by atoms with E-state index in [2.05, 4.69) is 5.10 Å². The van der Waals surface area contributed by atoms with Crippen molar-refractivity contribution in [2.75, 3.05) is 26.2 Å². The van der Waals surface area contributed by atoms with E-state index in [1.807, 2.05) is 0 Å². The zero-order valence-electron chi connectivity index (χ0n) is 13.3. The number of halogens is 2. The summed E-state index contributed by atoms with van der Waals surface area (Å²) in [7, 11) is 0. The molecule has 1 amide bonds. The fourth-order valence-electron chi connectivity index (χ4n) is 3.67. The number of aliphatic hydroxyl groups excluding tert-OH is 1. The molecule has 2 fully saturated rings. The molecule has 1 saturated heterocycles. The molecule has 24 heavy (non-hydrogen) atoms. The van der Waals surface area contributed by atoms with E-state index in [1.54, 1.807) is 4.90 Å². The number of carbonyl (C=O) groups is 1. The molecule has 3 N–H and O–H groups in total. The molecule has 9 heteroatoms. The number of alkyl halides is 2. The molecule has 0 bridgehead atoms. The lowest BCUT2D eigenvalue weighted by molar-refractivity contribution is -0.208. The van der Waals surface area contributed by atoms with Crippen molar-refractivity contribution in [3.8, 4) is 0 Å². The van der Waals surface area contributed by atoms with Gasteiger partial charge in [-0.3, -0.25) is 4.79 Å². The van der Waals surface area contributed by atoms with E-state index in [-0.39, 0.29) is 23.1 Å². The third kappa shape index (κ3) is 2.91. The average molecular weight is 344 g/mol. The Kier molecular flexibility index (Phi) is 4.84. The number of piperidine rings is 1. The Bertz CT molecular complexity index is 587. The summed E-state index contributed by atoms with van der Waals surface area (Å²) < 4.78 is 31.3. The largest absolute Gasteiger partial charge is 0.392 e. The smallest absolute Gasteiger partial charge is 0.333 e. The maximum absolute atomic E-state index is 12.6. The van der Waals surface area contributed by atoms with Crippen molar-refractivity contribution in [1.29, 1.82) is 0 Å². The first-order valence-electron chi connectivity index (χ1n) is 8.10. The molecule has 0 unspecified atom stereocenters. The summed E-state index contributed by atoms with van der Waals surface area (Å²) in [5, 5.41) is 13.8. The number of aliphatic hydroxyl groups is 1. The second-order valence-corrected chi connectivity index (χ2v) is 6.38. The molecule has 1 aromatic rings. The number of nitrogens with zero attached hydrogens (tertiary/aromatic N) is 3. The van der Waals surface area contributed by atoms with Gasteiger partial charge in [0.1, 0.15) is 0 Å². The lowest BCUT2D eigenvalue weighted by Crippen LogP contribution is -2.63. The van der Waals surface area contributed by atoms with Gasteiger partial charge in [0.15, 0.2) is 5.69 Å². The van der Waals surface area contributed by atoms with Crippen molar-refractivity contribution in [2.24, 2.45) is 11.1 Å². The van der Waals surface area contributed by atoms with E-state index in [9.17, 15) is 18.7 Å². The van der Waals surface area contributed by atoms with Crippen LogP contribution in [-0.2, 0) is 4.74 Å². The standard InChI is InChI=1S/C15H22F2N4O3/c16-14(17)21-5-1-10(19-21)13(23)20-6-2-15(3-7-20)11(22)9-12(15)24-8-4-18/h1,5,11-12,14,22H,2-4,6-9,18H2/t11-,12+/m1/s1.